The quantitative estimate of drug-likeness (QED) is 0.680. The smallest absolute Gasteiger partial charge is 0.374 e. The van der Waals surface area contributed by atoms with E-state index in [0.29, 0.717) is 11.3 Å². The molecule has 0 fully saturated rings. The third-order valence-electron chi connectivity index (χ3n) is 5.16. The fraction of sp³-hybridized carbons (Fsp3) is 0.250. The minimum Gasteiger partial charge on any atom is -0.374 e. The number of sulfonamides is 1. The molecule has 0 saturated carbocycles. The molecule has 2 heterocycles. The second-order valence-electron chi connectivity index (χ2n) is 7.04. The Bertz CT molecular complexity index is 1200. The third kappa shape index (κ3) is 3.56. The highest BCUT2D eigenvalue weighted by molar-refractivity contribution is 7.89. The number of alkyl halides is 3. The van der Waals surface area contributed by atoms with Crippen LogP contribution in [0.1, 0.15) is 11.3 Å². The van der Waals surface area contributed by atoms with Crippen LogP contribution in [-0.2, 0) is 22.6 Å². The molecule has 158 valence electrons. The van der Waals surface area contributed by atoms with Gasteiger partial charge in [0, 0.05) is 24.8 Å². The summed E-state index contributed by atoms with van der Waals surface area (Å²) in [5.41, 5.74) is 2.33. The molecule has 0 amide bonds. The first kappa shape index (κ1) is 20.4. The highest BCUT2D eigenvalue weighted by atomic mass is 32.2. The molecule has 0 saturated heterocycles. The second-order valence-corrected chi connectivity index (χ2v) is 8.93. The van der Waals surface area contributed by atoms with E-state index >= 15 is 0 Å². The lowest BCUT2D eigenvalue weighted by Gasteiger charge is -2.13. The van der Waals surface area contributed by atoms with Gasteiger partial charge >= 0.3 is 6.18 Å². The fourth-order valence-corrected chi connectivity index (χ4v) is 4.26. The number of nitrogens with one attached hydrogen (secondary N) is 1. The molecule has 0 atom stereocenters. The summed E-state index contributed by atoms with van der Waals surface area (Å²) in [5, 5.41) is 3.76. The lowest BCUT2D eigenvalue weighted by Crippen LogP contribution is -2.18. The van der Waals surface area contributed by atoms with Gasteiger partial charge in [-0.1, -0.05) is 6.07 Å². The molecule has 0 radical (unpaired) electrons. The van der Waals surface area contributed by atoms with E-state index in [9.17, 15) is 21.6 Å². The molecule has 3 aromatic rings. The van der Waals surface area contributed by atoms with E-state index in [0.717, 1.165) is 30.3 Å². The molecule has 0 aliphatic carbocycles. The van der Waals surface area contributed by atoms with Crippen molar-refractivity contribution < 1.29 is 21.6 Å². The van der Waals surface area contributed by atoms with E-state index in [1.165, 1.54) is 36.0 Å². The Morgan fingerprint density at radius 3 is 2.40 bits per heavy atom. The van der Waals surface area contributed by atoms with Gasteiger partial charge in [-0.2, -0.15) is 18.3 Å². The molecule has 4 rings (SSSR count). The van der Waals surface area contributed by atoms with E-state index in [4.69, 9.17) is 0 Å². The van der Waals surface area contributed by atoms with Crippen LogP contribution in [0.15, 0.2) is 53.4 Å². The van der Waals surface area contributed by atoms with Crippen molar-refractivity contribution in [1.29, 1.82) is 0 Å². The van der Waals surface area contributed by atoms with Gasteiger partial charge in [0.15, 0.2) is 5.69 Å². The topological polar surface area (TPSA) is 67.2 Å². The summed E-state index contributed by atoms with van der Waals surface area (Å²) >= 11 is 0. The Balaban J connectivity index is 1.83. The van der Waals surface area contributed by atoms with Gasteiger partial charge in [-0.15, -0.1) is 0 Å². The van der Waals surface area contributed by atoms with E-state index in [1.807, 2.05) is 19.2 Å². The number of rotatable bonds is 4. The first-order valence-corrected chi connectivity index (χ1v) is 10.6. The van der Waals surface area contributed by atoms with Crippen molar-refractivity contribution in [2.75, 3.05) is 25.5 Å². The largest absolute Gasteiger partial charge is 0.435 e. The lowest BCUT2D eigenvalue weighted by molar-refractivity contribution is -0.141. The minimum absolute atomic E-state index is 0.0130. The summed E-state index contributed by atoms with van der Waals surface area (Å²) in [6.07, 6.45) is -3.79. The molecular formula is C20H19F3N4O2S. The highest BCUT2D eigenvalue weighted by Crippen LogP contribution is 2.36. The molecule has 1 aliphatic heterocycles. The van der Waals surface area contributed by atoms with Gasteiger partial charge in [0.1, 0.15) is 0 Å². The van der Waals surface area contributed by atoms with Gasteiger partial charge in [-0.25, -0.2) is 17.8 Å². The molecule has 0 unspecified atom stereocenters. The van der Waals surface area contributed by atoms with Gasteiger partial charge in [-0.3, -0.25) is 0 Å². The second kappa shape index (κ2) is 7.13. The van der Waals surface area contributed by atoms with Crippen LogP contribution in [0, 0.1) is 0 Å². The Kier molecular flexibility index (Phi) is 4.86. The van der Waals surface area contributed by atoms with E-state index in [2.05, 4.69) is 14.7 Å². The predicted octanol–water partition coefficient (Wildman–Crippen LogP) is 3.46. The maximum absolute atomic E-state index is 13.4. The monoisotopic (exact) mass is 436 g/mol. The molecular weight excluding hydrogens is 417 g/mol. The zero-order valence-electron chi connectivity index (χ0n) is 16.2. The summed E-state index contributed by atoms with van der Waals surface area (Å²) in [6.45, 7) is 0.854. The molecule has 1 N–H and O–H groups in total. The molecule has 6 nitrogen and oxygen atoms in total. The van der Waals surface area contributed by atoms with Crippen LogP contribution < -0.4 is 9.62 Å². The average Bonchev–Trinajstić information content (AvgIpc) is 3.32. The summed E-state index contributed by atoms with van der Waals surface area (Å²) in [7, 11) is -0.396. The van der Waals surface area contributed by atoms with Crippen molar-refractivity contribution >= 4 is 15.7 Å². The average molecular weight is 436 g/mol. The zero-order valence-corrected chi connectivity index (χ0v) is 17.0. The lowest BCUT2D eigenvalue weighted by atomic mass is 10.1. The number of hydrogen-bond donors (Lipinski definition) is 1. The van der Waals surface area contributed by atoms with Crippen LogP contribution in [0.4, 0.5) is 18.9 Å². The first-order valence-electron chi connectivity index (χ1n) is 9.16. The number of likely N-dealkylation sites (N-methyl/N-ethyl adjacent to an activating group) is 1. The number of aromatic nitrogens is 2. The van der Waals surface area contributed by atoms with Crippen molar-refractivity contribution in [1.82, 2.24) is 14.5 Å². The zero-order chi connectivity index (χ0) is 21.7. The van der Waals surface area contributed by atoms with E-state index in [-0.39, 0.29) is 10.6 Å². The van der Waals surface area contributed by atoms with Crippen molar-refractivity contribution in [2.45, 2.75) is 17.5 Å². The van der Waals surface area contributed by atoms with Crippen LogP contribution in [0.2, 0.25) is 0 Å². The van der Waals surface area contributed by atoms with Crippen molar-refractivity contribution in [3.63, 3.8) is 0 Å². The van der Waals surface area contributed by atoms with Crippen LogP contribution in [-0.4, -0.2) is 38.8 Å². The molecule has 10 heteroatoms. The number of hydrogen-bond acceptors (Lipinski definition) is 4. The molecule has 30 heavy (non-hydrogen) atoms. The SMILES string of the molecule is CNS(=O)(=O)c1ccc(-n2nc(C(F)(F)F)cc2-c2ccc3c(c2)CCN3C)cc1. The van der Waals surface area contributed by atoms with Gasteiger partial charge in [0.25, 0.3) is 0 Å². The Hall–Kier alpha value is -2.85. The Labute approximate surface area is 172 Å². The first-order chi connectivity index (χ1) is 14.1. The van der Waals surface area contributed by atoms with Crippen molar-refractivity contribution in [3.05, 3.63) is 59.8 Å². The predicted molar refractivity (Wildman–Crippen MR) is 107 cm³/mol. The molecule has 1 aliphatic rings. The maximum Gasteiger partial charge on any atom is 0.435 e. The van der Waals surface area contributed by atoms with Crippen LogP contribution in [0.5, 0.6) is 0 Å². The highest BCUT2D eigenvalue weighted by Gasteiger charge is 2.35. The Morgan fingerprint density at radius 1 is 1.07 bits per heavy atom. The summed E-state index contributed by atoms with van der Waals surface area (Å²) in [5.74, 6) is 0. The molecule has 0 bridgehead atoms. The summed E-state index contributed by atoms with van der Waals surface area (Å²) < 4.78 is 67.4. The minimum atomic E-state index is -4.60. The standard InChI is InChI=1S/C20H19F3N4O2S/c1-24-30(28,29)16-6-4-15(5-7-16)27-18(12-19(25-27)20(21,22)23)13-3-8-17-14(11-13)9-10-26(17)2/h3-8,11-12,24H,9-10H2,1-2H3. The van der Waals surface area contributed by atoms with Gasteiger partial charge in [0.2, 0.25) is 10.0 Å². The van der Waals surface area contributed by atoms with E-state index in [1.54, 1.807) is 6.07 Å². The van der Waals surface area contributed by atoms with Crippen LogP contribution in [0.25, 0.3) is 16.9 Å². The molecule has 0 spiro atoms. The molecule has 1 aromatic heterocycles. The normalized spacial score (nSPS) is 14.2. The Morgan fingerprint density at radius 2 is 1.77 bits per heavy atom. The third-order valence-corrected chi connectivity index (χ3v) is 6.59. The van der Waals surface area contributed by atoms with E-state index < -0.39 is 21.9 Å². The maximum atomic E-state index is 13.4. The number of benzene rings is 2. The van der Waals surface area contributed by atoms with Crippen molar-refractivity contribution in [2.24, 2.45) is 0 Å². The number of fused-ring (bicyclic) bond motifs is 1. The fourth-order valence-electron chi connectivity index (χ4n) is 3.53. The van der Waals surface area contributed by atoms with Gasteiger partial charge in [0.05, 0.1) is 16.3 Å². The van der Waals surface area contributed by atoms with Crippen molar-refractivity contribution in [3.8, 4) is 16.9 Å². The van der Waals surface area contributed by atoms with Gasteiger partial charge < -0.3 is 4.90 Å². The molecule has 2 aromatic carbocycles. The van der Waals surface area contributed by atoms with Crippen LogP contribution in [0.3, 0.4) is 0 Å². The number of anilines is 1. The number of halogens is 3. The number of nitrogens with zero attached hydrogens (tertiary/aromatic N) is 3. The summed E-state index contributed by atoms with van der Waals surface area (Å²) in [4.78, 5) is 2.11. The van der Waals surface area contributed by atoms with Gasteiger partial charge in [-0.05, 0) is 61.5 Å². The summed E-state index contributed by atoms with van der Waals surface area (Å²) in [6, 6.07) is 12.1. The van der Waals surface area contributed by atoms with Crippen LogP contribution >= 0.6 is 0 Å².